The van der Waals surface area contributed by atoms with Crippen LogP contribution in [0.3, 0.4) is 0 Å². The van der Waals surface area contributed by atoms with Gasteiger partial charge in [0.1, 0.15) is 9.71 Å². The number of hydrogen-bond acceptors (Lipinski definition) is 8. The predicted octanol–water partition coefficient (Wildman–Crippen LogP) is 2.23. The minimum absolute atomic E-state index is 0.367. The van der Waals surface area contributed by atoms with Crippen LogP contribution < -0.4 is 16.8 Å². The minimum Gasteiger partial charge on any atom is -0.397 e. The third-order valence-electron chi connectivity index (χ3n) is 5.84. The van der Waals surface area contributed by atoms with Gasteiger partial charge in [0.05, 0.1) is 31.1 Å². The first-order chi connectivity index (χ1) is 15.5. The van der Waals surface area contributed by atoms with Crippen LogP contribution in [0.25, 0.3) is 20.7 Å². The minimum atomic E-state index is -0.518. The molecule has 0 radical (unpaired) electrons. The van der Waals surface area contributed by atoms with Crippen molar-refractivity contribution >= 4 is 61.8 Å². The summed E-state index contributed by atoms with van der Waals surface area (Å²) in [5.74, 6) is -0.518. The van der Waals surface area contributed by atoms with Crippen molar-refractivity contribution in [2.75, 3.05) is 45.1 Å². The van der Waals surface area contributed by atoms with Crippen LogP contribution in [0.5, 0.6) is 0 Å². The molecule has 11 heteroatoms. The van der Waals surface area contributed by atoms with Crippen molar-refractivity contribution in [2.24, 2.45) is 5.73 Å². The number of amides is 1. The van der Waals surface area contributed by atoms with E-state index < -0.39 is 5.91 Å². The summed E-state index contributed by atoms with van der Waals surface area (Å²) >= 11 is 8.61. The third kappa shape index (κ3) is 3.95. The van der Waals surface area contributed by atoms with E-state index in [0.29, 0.717) is 23.7 Å². The highest BCUT2D eigenvalue weighted by molar-refractivity contribution is 7.80. The molecule has 0 saturated carbocycles. The van der Waals surface area contributed by atoms with E-state index in [1.165, 1.54) is 11.3 Å². The quantitative estimate of drug-likeness (QED) is 0.469. The molecule has 3 aromatic rings. The summed E-state index contributed by atoms with van der Waals surface area (Å²) in [4.78, 5) is 23.5. The lowest BCUT2D eigenvalue weighted by Gasteiger charge is -2.27. The van der Waals surface area contributed by atoms with E-state index in [-0.39, 0.29) is 0 Å². The van der Waals surface area contributed by atoms with Gasteiger partial charge in [-0.25, -0.2) is 4.98 Å². The number of thiophene rings is 2. The number of carbonyl (C=O) groups is 1. The average molecular weight is 489 g/mol. The molecule has 5 heterocycles. The molecule has 0 atom stereocenters. The molecule has 1 amide bonds. The van der Waals surface area contributed by atoms with Crippen LogP contribution in [-0.2, 0) is 17.8 Å². The van der Waals surface area contributed by atoms with E-state index >= 15 is 0 Å². The molecular formula is C21H24N6O2S3. The molecule has 1 fully saturated rings. The smallest absolute Gasteiger partial charge is 0.260 e. The van der Waals surface area contributed by atoms with E-state index in [1.807, 2.05) is 11.4 Å². The van der Waals surface area contributed by atoms with Crippen molar-refractivity contribution in [3.63, 3.8) is 0 Å². The second-order valence-corrected chi connectivity index (χ2v) is 10.2. The van der Waals surface area contributed by atoms with E-state index in [1.54, 1.807) is 11.3 Å². The van der Waals surface area contributed by atoms with Crippen LogP contribution in [-0.4, -0.2) is 65.2 Å². The van der Waals surface area contributed by atoms with Gasteiger partial charge in [-0.05, 0) is 23.7 Å². The van der Waals surface area contributed by atoms with E-state index in [0.717, 1.165) is 76.4 Å². The molecule has 8 nitrogen and oxygen atoms in total. The molecule has 1 saturated heterocycles. The predicted molar refractivity (Wildman–Crippen MR) is 133 cm³/mol. The molecular weight excluding hydrogens is 464 g/mol. The number of pyridine rings is 1. The molecule has 0 aromatic carbocycles. The first-order valence-corrected chi connectivity index (χ1v) is 12.5. The Bertz CT molecular complexity index is 1170. The number of nitrogens with one attached hydrogen (secondary N) is 1. The van der Waals surface area contributed by atoms with Crippen LogP contribution >= 0.6 is 34.9 Å². The molecule has 2 aliphatic heterocycles. The van der Waals surface area contributed by atoms with Crippen molar-refractivity contribution in [3.8, 4) is 10.4 Å². The van der Waals surface area contributed by atoms with Crippen LogP contribution in [0, 0.1) is 0 Å². The number of hydrogen-bond donors (Lipinski definition) is 3. The maximum atomic E-state index is 11.9. The van der Waals surface area contributed by atoms with Gasteiger partial charge >= 0.3 is 0 Å². The van der Waals surface area contributed by atoms with Gasteiger partial charge in [-0.15, -0.1) is 22.7 Å². The Balaban J connectivity index is 1.40. The van der Waals surface area contributed by atoms with Crippen molar-refractivity contribution < 1.29 is 9.53 Å². The molecule has 168 valence electrons. The average Bonchev–Trinajstić information content (AvgIpc) is 3.52. The van der Waals surface area contributed by atoms with Gasteiger partial charge in [-0.3, -0.25) is 9.69 Å². The molecule has 0 bridgehead atoms. The monoisotopic (exact) mass is 488 g/mol. The number of thiocarbonyl (C=S) groups is 1. The molecule has 3 aromatic heterocycles. The lowest BCUT2D eigenvalue weighted by Crippen LogP contribution is -2.43. The van der Waals surface area contributed by atoms with Crippen molar-refractivity contribution in [2.45, 2.75) is 13.1 Å². The second kappa shape index (κ2) is 8.91. The maximum Gasteiger partial charge on any atom is 0.260 e. The zero-order valence-corrected chi connectivity index (χ0v) is 19.9. The summed E-state index contributed by atoms with van der Waals surface area (Å²) in [6.07, 6.45) is 0. The van der Waals surface area contributed by atoms with Crippen molar-refractivity contribution in [1.82, 2.24) is 20.1 Å². The number of fused-ring (bicyclic) bond motifs is 2. The number of aromatic nitrogens is 1. The van der Waals surface area contributed by atoms with Crippen LogP contribution in [0.4, 0.5) is 5.69 Å². The molecule has 0 spiro atoms. The number of nitrogen functional groups attached to an aromatic ring is 1. The molecule has 5 rings (SSSR count). The Morgan fingerprint density at radius 1 is 1.31 bits per heavy atom. The summed E-state index contributed by atoms with van der Waals surface area (Å²) in [5, 5.41) is 6.98. The number of rotatable bonds is 5. The standard InChI is InChI=1S/C21H24N6O2S3/c22-17-16-15(14-2-1-9-31-14)12-10-27(11-13(12)25-20(16)32-18(17)19(23)28)21(30)24-3-4-26-5-7-29-8-6-26/h1-2,9H,3-8,10-11,22H2,(H2,23,28)(H,24,30). The Labute approximate surface area is 199 Å². The number of carbonyl (C=O) groups excluding carboxylic acids is 1. The Morgan fingerprint density at radius 2 is 2.12 bits per heavy atom. The van der Waals surface area contributed by atoms with Crippen LogP contribution in [0.15, 0.2) is 17.5 Å². The van der Waals surface area contributed by atoms with Gasteiger partial charge in [0, 0.05) is 54.1 Å². The lowest BCUT2D eigenvalue weighted by atomic mass is 10.0. The van der Waals surface area contributed by atoms with E-state index in [2.05, 4.69) is 21.2 Å². The number of primary amides is 1. The van der Waals surface area contributed by atoms with Gasteiger partial charge in [-0.2, -0.15) is 0 Å². The van der Waals surface area contributed by atoms with Crippen LogP contribution in [0.1, 0.15) is 20.9 Å². The molecule has 5 N–H and O–H groups in total. The Kier molecular flexibility index (Phi) is 5.99. The van der Waals surface area contributed by atoms with E-state index in [4.69, 9.17) is 33.4 Å². The highest BCUT2D eigenvalue weighted by atomic mass is 32.1. The summed E-state index contributed by atoms with van der Waals surface area (Å²) in [6, 6.07) is 4.09. The SMILES string of the molecule is NC(=O)c1sc2nc3c(c(-c4cccs4)c2c1N)CN(C(=S)NCCN1CCOCC1)C3. The number of morpholine rings is 1. The van der Waals surface area contributed by atoms with Crippen molar-refractivity contribution in [1.29, 1.82) is 0 Å². The van der Waals surface area contributed by atoms with Gasteiger partial charge in [-0.1, -0.05) is 6.07 Å². The third-order valence-corrected chi connectivity index (χ3v) is 8.24. The Hall–Kier alpha value is -2.31. The number of anilines is 1. The number of nitrogens with zero attached hydrogens (tertiary/aromatic N) is 3. The fourth-order valence-electron chi connectivity index (χ4n) is 4.24. The fourth-order valence-corrected chi connectivity index (χ4v) is 6.25. The number of nitrogens with two attached hydrogens (primary N) is 2. The fraction of sp³-hybridized carbons (Fsp3) is 0.381. The topological polar surface area (TPSA) is 110 Å². The highest BCUT2D eigenvalue weighted by Crippen LogP contribution is 2.45. The maximum absolute atomic E-state index is 11.9. The lowest BCUT2D eigenvalue weighted by molar-refractivity contribution is 0.0388. The second-order valence-electron chi connectivity index (χ2n) is 7.82. The number of ether oxygens (including phenoxy) is 1. The van der Waals surface area contributed by atoms with Gasteiger partial charge in [0.2, 0.25) is 0 Å². The van der Waals surface area contributed by atoms with E-state index in [9.17, 15) is 4.79 Å². The molecule has 0 aliphatic carbocycles. The van der Waals surface area contributed by atoms with Gasteiger partial charge in [0.15, 0.2) is 5.11 Å². The highest BCUT2D eigenvalue weighted by Gasteiger charge is 2.30. The summed E-state index contributed by atoms with van der Waals surface area (Å²) in [6.45, 7) is 6.51. The normalized spacial score (nSPS) is 16.4. The first-order valence-electron chi connectivity index (χ1n) is 10.4. The summed E-state index contributed by atoms with van der Waals surface area (Å²) in [5.41, 5.74) is 15.5. The summed E-state index contributed by atoms with van der Waals surface area (Å²) < 4.78 is 5.40. The van der Waals surface area contributed by atoms with Crippen molar-refractivity contribution in [3.05, 3.63) is 33.6 Å². The molecule has 0 unspecified atom stereocenters. The first kappa shape index (κ1) is 21.5. The summed E-state index contributed by atoms with van der Waals surface area (Å²) in [7, 11) is 0. The van der Waals surface area contributed by atoms with Gasteiger partial charge in [0.25, 0.3) is 5.91 Å². The largest absolute Gasteiger partial charge is 0.397 e. The van der Waals surface area contributed by atoms with Gasteiger partial charge < -0.3 is 26.4 Å². The Morgan fingerprint density at radius 3 is 2.84 bits per heavy atom. The zero-order chi connectivity index (χ0) is 22.2. The molecule has 32 heavy (non-hydrogen) atoms. The molecule has 2 aliphatic rings. The van der Waals surface area contributed by atoms with Crippen LogP contribution in [0.2, 0.25) is 0 Å². The zero-order valence-electron chi connectivity index (χ0n) is 17.4.